The third kappa shape index (κ3) is 4.85. The van der Waals surface area contributed by atoms with Gasteiger partial charge in [0.1, 0.15) is 6.61 Å². The quantitative estimate of drug-likeness (QED) is 0.886. The number of carbonyl (C=O) groups is 2. The smallest absolute Gasteiger partial charge is 0.410 e. The molecule has 0 saturated heterocycles. The van der Waals surface area contributed by atoms with Gasteiger partial charge < -0.3 is 14.7 Å². The summed E-state index contributed by atoms with van der Waals surface area (Å²) < 4.78 is 5.27. The van der Waals surface area contributed by atoms with Crippen LogP contribution in [-0.2, 0) is 16.1 Å². The summed E-state index contributed by atoms with van der Waals surface area (Å²) in [5.41, 5.74) is 1.64. The van der Waals surface area contributed by atoms with Crippen molar-refractivity contribution in [3.8, 4) is 0 Å². The Morgan fingerprint density at radius 3 is 2.17 bits per heavy atom. The maximum atomic E-state index is 12.2. The predicted molar refractivity (Wildman–Crippen MR) is 85.8 cm³/mol. The number of nitrogens with zero attached hydrogens (tertiary/aromatic N) is 1. The molecule has 0 aliphatic rings. The summed E-state index contributed by atoms with van der Waals surface area (Å²) >= 11 is 0. The molecule has 0 aromatic heterocycles. The number of rotatable bonds is 6. The first-order valence-corrected chi connectivity index (χ1v) is 7.28. The van der Waals surface area contributed by atoms with Gasteiger partial charge in [-0.2, -0.15) is 0 Å². The lowest BCUT2D eigenvalue weighted by atomic mass is 10.0. The minimum atomic E-state index is -0.971. The molecule has 0 aliphatic heterocycles. The molecule has 0 bridgehead atoms. The van der Waals surface area contributed by atoms with E-state index in [1.54, 1.807) is 19.2 Å². The van der Waals surface area contributed by atoms with Crippen LogP contribution in [0.4, 0.5) is 4.79 Å². The largest absolute Gasteiger partial charge is 0.481 e. The zero-order valence-electron chi connectivity index (χ0n) is 12.9. The molecule has 2 rings (SSSR count). The second kappa shape index (κ2) is 7.98. The third-order valence-electron chi connectivity index (χ3n) is 3.51. The molecule has 0 saturated carbocycles. The fraction of sp³-hybridized carbons (Fsp3) is 0.222. The molecule has 2 aromatic rings. The Hall–Kier alpha value is -2.82. The van der Waals surface area contributed by atoms with Crippen molar-refractivity contribution in [2.45, 2.75) is 19.1 Å². The zero-order chi connectivity index (χ0) is 16.7. The number of carbonyl (C=O) groups excluding carboxylic acids is 1. The van der Waals surface area contributed by atoms with Gasteiger partial charge in [0.05, 0.1) is 12.5 Å². The molecule has 120 valence electrons. The summed E-state index contributed by atoms with van der Waals surface area (Å²) in [5, 5.41) is 9.11. The Balaban J connectivity index is 2.05. The van der Waals surface area contributed by atoms with Crippen molar-refractivity contribution in [2.24, 2.45) is 0 Å². The van der Waals surface area contributed by atoms with Gasteiger partial charge in [0, 0.05) is 7.05 Å². The van der Waals surface area contributed by atoms with Gasteiger partial charge in [-0.05, 0) is 11.1 Å². The summed E-state index contributed by atoms with van der Waals surface area (Å²) in [6, 6.07) is 17.8. The minimum absolute atomic E-state index is 0.151. The van der Waals surface area contributed by atoms with Crippen LogP contribution in [0, 0.1) is 0 Å². The molecule has 0 heterocycles. The minimum Gasteiger partial charge on any atom is -0.481 e. The summed E-state index contributed by atoms with van der Waals surface area (Å²) in [6.07, 6.45) is -0.732. The molecule has 0 fully saturated rings. The van der Waals surface area contributed by atoms with E-state index in [-0.39, 0.29) is 13.0 Å². The highest BCUT2D eigenvalue weighted by Gasteiger charge is 2.25. The van der Waals surface area contributed by atoms with E-state index in [1.165, 1.54) is 4.90 Å². The standard InChI is InChI=1S/C18H19NO4/c1-19(18(22)23-13-14-8-4-2-5-9-14)16(12-17(20)21)15-10-6-3-7-11-15/h2-11,16H,12-13H2,1H3,(H,20,21)/t16-/m1/s1. The molecule has 1 N–H and O–H groups in total. The highest BCUT2D eigenvalue weighted by molar-refractivity contribution is 5.72. The van der Waals surface area contributed by atoms with E-state index in [9.17, 15) is 9.59 Å². The van der Waals surface area contributed by atoms with Crippen molar-refractivity contribution in [3.63, 3.8) is 0 Å². The molecule has 5 nitrogen and oxygen atoms in total. The van der Waals surface area contributed by atoms with Crippen LogP contribution in [0.3, 0.4) is 0 Å². The van der Waals surface area contributed by atoms with Crippen LogP contribution in [0.15, 0.2) is 60.7 Å². The summed E-state index contributed by atoms with van der Waals surface area (Å²) in [5.74, 6) is -0.971. The van der Waals surface area contributed by atoms with E-state index < -0.39 is 18.1 Å². The number of ether oxygens (including phenoxy) is 1. The maximum absolute atomic E-state index is 12.2. The number of hydrogen-bond acceptors (Lipinski definition) is 3. The molecule has 0 spiro atoms. The SMILES string of the molecule is CN(C(=O)OCc1ccccc1)[C@H](CC(=O)O)c1ccccc1. The Bertz CT molecular complexity index is 643. The average molecular weight is 313 g/mol. The number of hydrogen-bond donors (Lipinski definition) is 1. The number of benzene rings is 2. The van der Waals surface area contributed by atoms with Crippen LogP contribution in [0.1, 0.15) is 23.6 Å². The fourth-order valence-corrected chi connectivity index (χ4v) is 2.27. The van der Waals surface area contributed by atoms with Gasteiger partial charge >= 0.3 is 12.1 Å². The van der Waals surface area contributed by atoms with Crippen molar-refractivity contribution in [3.05, 3.63) is 71.8 Å². The summed E-state index contributed by atoms with van der Waals surface area (Å²) in [6.45, 7) is 0.151. The lowest BCUT2D eigenvalue weighted by Crippen LogP contribution is -2.33. The molecule has 23 heavy (non-hydrogen) atoms. The Kier molecular flexibility index (Phi) is 5.74. The summed E-state index contributed by atoms with van der Waals surface area (Å²) in [7, 11) is 1.55. The van der Waals surface area contributed by atoms with Gasteiger partial charge in [-0.3, -0.25) is 4.79 Å². The van der Waals surface area contributed by atoms with Gasteiger partial charge in [-0.15, -0.1) is 0 Å². The third-order valence-corrected chi connectivity index (χ3v) is 3.51. The van der Waals surface area contributed by atoms with Crippen molar-refractivity contribution in [1.82, 2.24) is 4.90 Å². The van der Waals surface area contributed by atoms with Crippen LogP contribution in [0.25, 0.3) is 0 Å². The number of carboxylic acid groups (broad SMARTS) is 1. The lowest BCUT2D eigenvalue weighted by Gasteiger charge is -2.26. The fourth-order valence-electron chi connectivity index (χ4n) is 2.27. The number of amides is 1. The Morgan fingerprint density at radius 2 is 1.61 bits per heavy atom. The van der Waals surface area contributed by atoms with Gasteiger partial charge in [0.25, 0.3) is 0 Å². The first-order valence-electron chi connectivity index (χ1n) is 7.28. The van der Waals surface area contributed by atoms with E-state index in [2.05, 4.69) is 0 Å². The van der Waals surface area contributed by atoms with Crippen molar-refractivity contribution < 1.29 is 19.4 Å². The Labute approximate surface area is 135 Å². The second-order valence-corrected chi connectivity index (χ2v) is 5.18. The van der Waals surface area contributed by atoms with E-state index in [0.717, 1.165) is 11.1 Å². The second-order valence-electron chi connectivity index (χ2n) is 5.18. The zero-order valence-corrected chi connectivity index (χ0v) is 12.9. The molecular weight excluding hydrogens is 294 g/mol. The van der Waals surface area contributed by atoms with E-state index in [0.29, 0.717) is 0 Å². The molecule has 1 amide bonds. The maximum Gasteiger partial charge on any atom is 0.410 e. The van der Waals surface area contributed by atoms with E-state index in [4.69, 9.17) is 9.84 Å². The van der Waals surface area contributed by atoms with Crippen LogP contribution in [0.2, 0.25) is 0 Å². The van der Waals surface area contributed by atoms with E-state index >= 15 is 0 Å². The average Bonchev–Trinajstić information content (AvgIpc) is 2.58. The van der Waals surface area contributed by atoms with Crippen LogP contribution in [0.5, 0.6) is 0 Å². The van der Waals surface area contributed by atoms with Crippen LogP contribution >= 0.6 is 0 Å². The molecule has 0 radical (unpaired) electrons. The Morgan fingerprint density at radius 1 is 1.04 bits per heavy atom. The highest BCUT2D eigenvalue weighted by Crippen LogP contribution is 2.24. The van der Waals surface area contributed by atoms with Crippen LogP contribution in [-0.4, -0.2) is 29.1 Å². The molecular formula is C18H19NO4. The van der Waals surface area contributed by atoms with Crippen LogP contribution < -0.4 is 0 Å². The summed E-state index contributed by atoms with van der Waals surface area (Å²) in [4.78, 5) is 24.7. The molecule has 1 atom stereocenters. The van der Waals surface area contributed by atoms with Crippen molar-refractivity contribution in [2.75, 3.05) is 7.05 Å². The molecule has 0 unspecified atom stereocenters. The van der Waals surface area contributed by atoms with Gasteiger partial charge in [0.2, 0.25) is 0 Å². The lowest BCUT2D eigenvalue weighted by molar-refractivity contribution is -0.138. The number of carboxylic acids is 1. The first-order chi connectivity index (χ1) is 11.1. The first kappa shape index (κ1) is 16.5. The van der Waals surface area contributed by atoms with Gasteiger partial charge in [0.15, 0.2) is 0 Å². The van der Waals surface area contributed by atoms with Crippen molar-refractivity contribution in [1.29, 1.82) is 0 Å². The predicted octanol–water partition coefficient (Wildman–Crippen LogP) is 3.47. The van der Waals surface area contributed by atoms with Gasteiger partial charge in [-0.1, -0.05) is 60.7 Å². The van der Waals surface area contributed by atoms with Gasteiger partial charge in [-0.25, -0.2) is 4.79 Å². The van der Waals surface area contributed by atoms with Crippen molar-refractivity contribution >= 4 is 12.1 Å². The monoisotopic (exact) mass is 313 g/mol. The normalized spacial score (nSPS) is 11.5. The molecule has 5 heteroatoms. The topological polar surface area (TPSA) is 66.8 Å². The molecule has 2 aromatic carbocycles. The molecule has 0 aliphatic carbocycles. The van der Waals surface area contributed by atoms with E-state index in [1.807, 2.05) is 48.5 Å². The highest BCUT2D eigenvalue weighted by atomic mass is 16.6. The number of aliphatic carboxylic acids is 1.